The molecule has 2 aromatic rings. The first-order valence-electron chi connectivity index (χ1n) is 9.49. The number of furan rings is 1. The maximum atomic E-state index is 12.8. The first kappa shape index (κ1) is 22.3. The number of rotatable bonds is 7. The van der Waals surface area contributed by atoms with Crippen LogP contribution in [0, 0.1) is 6.92 Å². The Labute approximate surface area is 180 Å². The summed E-state index contributed by atoms with van der Waals surface area (Å²) in [4.78, 5) is 16.6. The lowest BCUT2D eigenvalue weighted by atomic mass is 10.2. The lowest BCUT2D eigenvalue weighted by Crippen LogP contribution is -2.52. The molecule has 160 valence electrons. The number of nitrogens with zero attached hydrogens (tertiary/aromatic N) is 3. The number of piperazine rings is 1. The molecule has 0 unspecified atom stereocenters. The van der Waals surface area contributed by atoms with Gasteiger partial charge in [-0.25, -0.2) is 8.42 Å². The fraction of sp³-hybridized carbons (Fsp3) is 0.526. The van der Waals surface area contributed by atoms with Crippen LogP contribution in [0.1, 0.15) is 25.4 Å². The lowest BCUT2D eigenvalue weighted by molar-refractivity contribution is -0.134. The van der Waals surface area contributed by atoms with Crippen LogP contribution in [0.4, 0.5) is 0 Å². The van der Waals surface area contributed by atoms with Gasteiger partial charge in [0.2, 0.25) is 5.91 Å². The molecule has 1 aliphatic heterocycles. The van der Waals surface area contributed by atoms with Crippen LogP contribution in [0.2, 0.25) is 4.34 Å². The maximum absolute atomic E-state index is 12.8. The van der Waals surface area contributed by atoms with Crippen molar-refractivity contribution in [2.75, 3.05) is 32.7 Å². The molecule has 0 atom stereocenters. The van der Waals surface area contributed by atoms with Crippen LogP contribution in [0.5, 0.6) is 0 Å². The fourth-order valence-corrected chi connectivity index (χ4v) is 6.27. The Morgan fingerprint density at radius 3 is 2.41 bits per heavy atom. The van der Waals surface area contributed by atoms with Crippen molar-refractivity contribution < 1.29 is 17.6 Å². The number of thiophene rings is 1. The highest BCUT2D eigenvalue weighted by molar-refractivity contribution is 7.91. The number of sulfonamides is 1. The number of hydrogen-bond acceptors (Lipinski definition) is 6. The maximum Gasteiger partial charge on any atom is 0.252 e. The van der Waals surface area contributed by atoms with Gasteiger partial charge in [-0.15, -0.1) is 11.3 Å². The standard InChI is InChI=1S/C19H26ClN3O4S2/c1-14(2)22(12-16-5-4-15(3)27-16)13-18(24)21-8-10-23(11-9-21)29(25,26)19-7-6-17(20)28-19/h4-7,14H,8-13H2,1-3H3. The Balaban J connectivity index is 1.57. The number of carbonyl (C=O) groups is 1. The second-order valence-electron chi connectivity index (χ2n) is 7.35. The molecule has 2 aromatic heterocycles. The van der Waals surface area contributed by atoms with Crippen molar-refractivity contribution in [3.63, 3.8) is 0 Å². The second kappa shape index (κ2) is 9.18. The predicted octanol–water partition coefficient (Wildman–Crippen LogP) is 3.05. The van der Waals surface area contributed by atoms with Gasteiger partial charge in [-0.3, -0.25) is 9.69 Å². The first-order valence-corrected chi connectivity index (χ1v) is 12.1. The van der Waals surface area contributed by atoms with Crippen molar-refractivity contribution >= 4 is 38.9 Å². The summed E-state index contributed by atoms with van der Waals surface area (Å²) in [5.41, 5.74) is 0. The van der Waals surface area contributed by atoms with E-state index in [4.69, 9.17) is 16.0 Å². The van der Waals surface area contributed by atoms with Crippen LogP contribution in [-0.4, -0.2) is 67.2 Å². The molecule has 0 radical (unpaired) electrons. The first-order chi connectivity index (χ1) is 13.7. The fourth-order valence-electron chi connectivity index (χ4n) is 3.21. The van der Waals surface area contributed by atoms with Gasteiger partial charge in [-0.1, -0.05) is 11.6 Å². The van der Waals surface area contributed by atoms with E-state index in [9.17, 15) is 13.2 Å². The van der Waals surface area contributed by atoms with Crippen molar-refractivity contribution in [2.24, 2.45) is 0 Å². The number of carbonyl (C=O) groups excluding carboxylic acids is 1. The molecule has 29 heavy (non-hydrogen) atoms. The van der Waals surface area contributed by atoms with Crippen LogP contribution < -0.4 is 0 Å². The van der Waals surface area contributed by atoms with E-state index in [1.165, 1.54) is 10.4 Å². The Morgan fingerprint density at radius 2 is 1.90 bits per heavy atom. The number of hydrogen-bond donors (Lipinski definition) is 0. The third kappa shape index (κ3) is 5.40. The highest BCUT2D eigenvalue weighted by atomic mass is 35.5. The van der Waals surface area contributed by atoms with E-state index in [0.717, 1.165) is 22.9 Å². The van der Waals surface area contributed by atoms with E-state index in [2.05, 4.69) is 4.90 Å². The van der Waals surface area contributed by atoms with Gasteiger partial charge < -0.3 is 9.32 Å². The SMILES string of the molecule is Cc1ccc(CN(CC(=O)N2CCN(S(=O)(=O)c3ccc(Cl)s3)CC2)C(C)C)o1. The van der Waals surface area contributed by atoms with Gasteiger partial charge in [-0.2, -0.15) is 4.31 Å². The summed E-state index contributed by atoms with van der Waals surface area (Å²) in [6.45, 7) is 8.12. The van der Waals surface area contributed by atoms with Gasteiger partial charge in [-0.05, 0) is 45.0 Å². The molecule has 1 aliphatic rings. The molecular formula is C19H26ClN3O4S2. The van der Waals surface area contributed by atoms with Crippen LogP contribution >= 0.6 is 22.9 Å². The van der Waals surface area contributed by atoms with Gasteiger partial charge in [0.05, 0.1) is 17.4 Å². The van der Waals surface area contributed by atoms with Crippen LogP contribution in [0.25, 0.3) is 0 Å². The molecule has 0 saturated carbocycles. The molecule has 0 aromatic carbocycles. The van der Waals surface area contributed by atoms with E-state index < -0.39 is 10.0 Å². The van der Waals surface area contributed by atoms with E-state index in [0.29, 0.717) is 24.0 Å². The number of aryl methyl sites for hydroxylation is 1. The smallest absolute Gasteiger partial charge is 0.252 e. The molecule has 1 amide bonds. The monoisotopic (exact) mass is 459 g/mol. The minimum atomic E-state index is -3.56. The summed E-state index contributed by atoms with van der Waals surface area (Å²) >= 11 is 6.92. The van der Waals surface area contributed by atoms with Crippen LogP contribution in [0.15, 0.2) is 32.9 Å². The Hall–Kier alpha value is -1.39. The largest absolute Gasteiger partial charge is 0.465 e. The summed E-state index contributed by atoms with van der Waals surface area (Å²) in [5.74, 6) is 1.67. The zero-order valence-corrected chi connectivity index (χ0v) is 19.2. The van der Waals surface area contributed by atoms with E-state index >= 15 is 0 Å². The summed E-state index contributed by atoms with van der Waals surface area (Å²) in [6, 6.07) is 7.12. The van der Waals surface area contributed by atoms with Gasteiger partial charge in [0.25, 0.3) is 10.0 Å². The minimum Gasteiger partial charge on any atom is -0.465 e. The topological polar surface area (TPSA) is 74.1 Å². The molecule has 3 rings (SSSR count). The number of amides is 1. The van der Waals surface area contributed by atoms with Crippen molar-refractivity contribution in [3.8, 4) is 0 Å². The zero-order valence-electron chi connectivity index (χ0n) is 16.8. The van der Waals surface area contributed by atoms with Gasteiger partial charge in [0, 0.05) is 32.2 Å². The third-order valence-electron chi connectivity index (χ3n) is 4.96. The van der Waals surface area contributed by atoms with E-state index in [1.807, 2.05) is 32.9 Å². The molecule has 1 fully saturated rings. The molecule has 0 spiro atoms. The van der Waals surface area contributed by atoms with Crippen molar-refractivity contribution in [3.05, 3.63) is 40.1 Å². The average molecular weight is 460 g/mol. The van der Waals surface area contributed by atoms with Crippen molar-refractivity contribution in [2.45, 2.75) is 37.6 Å². The Bertz CT molecular complexity index is 946. The average Bonchev–Trinajstić information content (AvgIpc) is 3.29. The highest BCUT2D eigenvalue weighted by Gasteiger charge is 2.31. The lowest BCUT2D eigenvalue weighted by Gasteiger charge is -2.35. The van der Waals surface area contributed by atoms with Gasteiger partial charge >= 0.3 is 0 Å². The molecule has 0 bridgehead atoms. The Kier molecular flexibility index (Phi) is 7.06. The van der Waals surface area contributed by atoms with Gasteiger partial charge in [0.15, 0.2) is 0 Å². The van der Waals surface area contributed by atoms with Gasteiger partial charge in [0.1, 0.15) is 15.7 Å². The molecule has 10 heteroatoms. The van der Waals surface area contributed by atoms with Crippen molar-refractivity contribution in [1.82, 2.24) is 14.1 Å². The minimum absolute atomic E-state index is 0.00167. The normalized spacial score (nSPS) is 16.1. The summed E-state index contributed by atoms with van der Waals surface area (Å²) < 4.78 is 33.1. The molecule has 7 nitrogen and oxygen atoms in total. The summed E-state index contributed by atoms with van der Waals surface area (Å²) in [7, 11) is -3.56. The summed E-state index contributed by atoms with van der Waals surface area (Å²) in [5, 5.41) is 0. The molecule has 3 heterocycles. The predicted molar refractivity (Wildman–Crippen MR) is 114 cm³/mol. The summed E-state index contributed by atoms with van der Waals surface area (Å²) in [6.07, 6.45) is 0. The van der Waals surface area contributed by atoms with E-state index in [-0.39, 0.29) is 35.8 Å². The molecular weight excluding hydrogens is 434 g/mol. The number of halogens is 1. The van der Waals surface area contributed by atoms with E-state index in [1.54, 1.807) is 11.0 Å². The quantitative estimate of drug-likeness (QED) is 0.636. The van der Waals surface area contributed by atoms with Crippen LogP contribution in [0.3, 0.4) is 0 Å². The zero-order chi connectivity index (χ0) is 21.2. The molecule has 0 N–H and O–H groups in total. The van der Waals surface area contributed by atoms with Crippen molar-refractivity contribution in [1.29, 1.82) is 0 Å². The second-order valence-corrected chi connectivity index (χ2v) is 11.2. The third-order valence-corrected chi connectivity index (χ3v) is 8.55. The van der Waals surface area contributed by atoms with Crippen LogP contribution in [-0.2, 0) is 21.4 Å². The Morgan fingerprint density at radius 1 is 1.21 bits per heavy atom. The highest BCUT2D eigenvalue weighted by Crippen LogP contribution is 2.28. The molecule has 1 saturated heterocycles. The molecule has 0 aliphatic carbocycles.